The maximum atomic E-state index is 14.1. The Morgan fingerprint density at radius 2 is 1.64 bits per heavy atom. The van der Waals surface area contributed by atoms with E-state index in [1.54, 1.807) is 43.3 Å². The van der Waals surface area contributed by atoms with E-state index in [0.717, 1.165) is 48.5 Å². The zero-order chi connectivity index (χ0) is 30.3. The van der Waals surface area contributed by atoms with Crippen molar-refractivity contribution < 1.29 is 22.4 Å². The zero-order valence-electron chi connectivity index (χ0n) is 23.3. The van der Waals surface area contributed by atoms with Crippen molar-refractivity contribution in [3.05, 3.63) is 94.2 Å². The molecule has 1 atom stereocenters. The van der Waals surface area contributed by atoms with Gasteiger partial charge in [0.15, 0.2) is 0 Å². The fourth-order valence-corrected chi connectivity index (χ4v) is 7.06. The van der Waals surface area contributed by atoms with Crippen LogP contribution in [0, 0.1) is 5.82 Å². The lowest BCUT2D eigenvalue weighted by Crippen LogP contribution is -2.54. The van der Waals surface area contributed by atoms with Crippen molar-refractivity contribution in [2.45, 2.75) is 69.0 Å². The van der Waals surface area contributed by atoms with E-state index in [2.05, 4.69) is 5.32 Å². The first kappa shape index (κ1) is 31.8. The highest BCUT2D eigenvalue weighted by Gasteiger charge is 2.34. The summed E-state index contributed by atoms with van der Waals surface area (Å²) in [6.07, 6.45) is 5.19. The van der Waals surface area contributed by atoms with Gasteiger partial charge in [0, 0.05) is 22.6 Å². The summed E-state index contributed by atoms with van der Waals surface area (Å²) >= 11 is 12.6. The number of amides is 2. The molecule has 0 heterocycles. The first-order chi connectivity index (χ1) is 20.1. The third-order valence-corrected chi connectivity index (χ3v) is 9.79. The third kappa shape index (κ3) is 7.82. The van der Waals surface area contributed by atoms with Gasteiger partial charge in [0.1, 0.15) is 18.4 Å². The summed E-state index contributed by atoms with van der Waals surface area (Å²) in [7, 11) is -4.24. The molecule has 7 nitrogen and oxygen atoms in total. The van der Waals surface area contributed by atoms with E-state index in [0.29, 0.717) is 15.6 Å². The Labute approximate surface area is 256 Å². The van der Waals surface area contributed by atoms with Gasteiger partial charge in [-0.1, -0.05) is 73.7 Å². The zero-order valence-corrected chi connectivity index (χ0v) is 25.6. The minimum Gasteiger partial charge on any atom is -0.352 e. The van der Waals surface area contributed by atoms with Gasteiger partial charge >= 0.3 is 0 Å². The number of hydrogen-bond acceptors (Lipinski definition) is 4. The van der Waals surface area contributed by atoms with Gasteiger partial charge in [-0.25, -0.2) is 12.8 Å². The Hall–Kier alpha value is -3.14. The normalized spacial score (nSPS) is 14.7. The third-order valence-electron chi connectivity index (χ3n) is 7.42. The number of carbonyl (C=O) groups excluding carboxylic acids is 2. The molecule has 224 valence electrons. The van der Waals surface area contributed by atoms with Crippen LogP contribution in [0.5, 0.6) is 0 Å². The minimum atomic E-state index is -4.24. The molecule has 1 aliphatic carbocycles. The number of hydrogen-bond donors (Lipinski definition) is 1. The Morgan fingerprint density at radius 1 is 0.976 bits per heavy atom. The summed E-state index contributed by atoms with van der Waals surface area (Å²) in [5, 5.41) is 3.83. The molecular formula is C31H34Cl2FN3O4S. The summed E-state index contributed by atoms with van der Waals surface area (Å²) in [5.74, 6) is -1.47. The van der Waals surface area contributed by atoms with Gasteiger partial charge in [0.25, 0.3) is 10.0 Å². The van der Waals surface area contributed by atoms with E-state index in [4.69, 9.17) is 23.2 Å². The van der Waals surface area contributed by atoms with Gasteiger partial charge in [-0.15, -0.1) is 0 Å². The second-order valence-corrected chi connectivity index (χ2v) is 13.0. The molecule has 4 rings (SSSR count). The highest BCUT2D eigenvalue weighted by molar-refractivity contribution is 7.92. The molecule has 1 N–H and O–H groups in total. The highest BCUT2D eigenvalue weighted by atomic mass is 35.5. The molecule has 0 radical (unpaired) electrons. The van der Waals surface area contributed by atoms with Gasteiger partial charge in [0.2, 0.25) is 11.8 Å². The molecule has 3 aromatic rings. The second-order valence-electron chi connectivity index (χ2n) is 10.3. The summed E-state index contributed by atoms with van der Waals surface area (Å²) < 4.78 is 42.3. The number of nitrogens with one attached hydrogen (secondary N) is 1. The van der Waals surface area contributed by atoms with Crippen molar-refractivity contribution in [3.8, 4) is 0 Å². The van der Waals surface area contributed by atoms with Crippen LogP contribution in [-0.4, -0.2) is 43.8 Å². The average molecular weight is 635 g/mol. The maximum Gasteiger partial charge on any atom is 0.264 e. The number of halogens is 3. The minimum absolute atomic E-state index is 0.0190. The Bertz CT molecular complexity index is 1480. The van der Waals surface area contributed by atoms with Crippen molar-refractivity contribution in [1.82, 2.24) is 10.2 Å². The number of carbonyl (C=O) groups is 2. The molecule has 0 saturated heterocycles. The fraction of sp³-hybridized carbons (Fsp3) is 0.355. The molecule has 1 fully saturated rings. The van der Waals surface area contributed by atoms with Crippen LogP contribution in [0.25, 0.3) is 0 Å². The number of sulfonamides is 1. The van der Waals surface area contributed by atoms with E-state index in [1.165, 1.54) is 29.2 Å². The first-order valence-corrected chi connectivity index (χ1v) is 16.2. The van der Waals surface area contributed by atoms with E-state index in [9.17, 15) is 22.4 Å². The first-order valence-electron chi connectivity index (χ1n) is 14.0. The molecule has 0 unspecified atom stereocenters. The van der Waals surface area contributed by atoms with Crippen LogP contribution >= 0.6 is 23.2 Å². The van der Waals surface area contributed by atoms with Gasteiger partial charge in [-0.2, -0.15) is 0 Å². The van der Waals surface area contributed by atoms with E-state index < -0.39 is 34.3 Å². The van der Waals surface area contributed by atoms with Crippen LogP contribution in [0.1, 0.15) is 51.0 Å². The SMILES string of the molecule is CC[C@@H](C(=O)NC1CCCCC1)N(Cc1ccc(Cl)cc1Cl)C(=O)CN(c1ccc(F)cc1)S(=O)(=O)c1ccccc1. The van der Waals surface area contributed by atoms with Crippen molar-refractivity contribution in [2.24, 2.45) is 0 Å². The lowest BCUT2D eigenvalue weighted by molar-refractivity contribution is -0.140. The quantitative estimate of drug-likeness (QED) is 0.258. The van der Waals surface area contributed by atoms with Crippen molar-refractivity contribution in [2.75, 3.05) is 10.8 Å². The Kier molecular flexibility index (Phi) is 10.9. The fourth-order valence-electron chi connectivity index (χ4n) is 5.15. The molecule has 0 aromatic heterocycles. The highest BCUT2D eigenvalue weighted by Crippen LogP contribution is 2.27. The summed E-state index contributed by atoms with van der Waals surface area (Å²) in [6, 6.07) is 16.5. The van der Waals surface area contributed by atoms with Crippen LogP contribution in [0.3, 0.4) is 0 Å². The van der Waals surface area contributed by atoms with Crippen molar-refractivity contribution in [3.63, 3.8) is 0 Å². The van der Waals surface area contributed by atoms with E-state index in [1.807, 2.05) is 0 Å². The Morgan fingerprint density at radius 3 is 2.26 bits per heavy atom. The second kappa shape index (κ2) is 14.4. The van der Waals surface area contributed by atoms with Crippen molar-refractivity contribution in [1.29, 1.82) is 0 Å². The number of rotatable bonds is 11. The molecule has 3 aromatic carbocycles. The van der Waals surface area contributed by atoms with Gasteiger partial charge in [-0.05, 0) is 73.4 Å². The van der Waals surface area contributed by atoms with Crippen LogP contribution in [0.2, 0.25) is 10.0 Å². The molecular weight excluding hydrogens is 600 g/mol. The summed E-state index contributed by atoms with van der Waals surface area (Å²) in [4.78, 5) is 29.1. The predicted octanol–water partition coefficient (Wildman–Crippen LogP) is 6.58. The maximum absolute atomic E-state index is 14.1. The van der Waals surface area contributed by atoms with Crippen LogP contribution < -0.4 is 9.62 Å². The standard InChI is InChI=1S/C31H34Cl2FN3O4S/c1-2-29(31(39)35-25-9-5-3-6-10-25)36(20-22-13-14-23(32)19-28(22)33)30(38)21-37(26-17-15-24(34)16-18-26)42(40,41)27-11-7-4-8-12-27/h4,7-8,11-19,25,29H,2-3,5-6,9-10,20-21H2,1H3,(H,35,39)/t29-/m0/s1. The lowest BCUT2D eigenvalue weighted by atomic mass is 9.95. The number of nitrogens with zero attached hydrogens (tertiary/aromatic N) is 2. The largest absolute Gasteiger partial charge is 0.352 e. The lowest BCUT2D eigenvalue weighted by Gasteiger charge is -2.34. The molecule has 0 aliphatic heterocycles. The average Bonchev–Trinajstić information content (AvgIpc) is 2.98. The molecule has 1 saturated carbocycles. The van der Waals surface area contributed by atoms with Crippen LogP contribution in [-0.2, 0) is 26.2 Å². The smallest absolute Gasteiger partial charge is 0.264 e. The number of benzene rings is 3. The Balaban J connectivity index is 1.71. The molecule has 0 spiro atoms. The predicted molar refractivity (Wildman–Crippen MR) is 163 cm³/mol. The number of anilines is 1. The molecule has 0 bridgehead atoms. The van der Waals surface area contributed by atoms with Gasteiger partial charge < -0.3 is 10.2 Å². The van der Waals surface area contributed by atoms with Crippen molar-refractivity contribution >= 4 is 50.7 Å². The molecule has 1 aliphatic rings. The van der Waals surface area contributed by atoms with E-state index >= 15 is 0 Å². The van der Waals surface area contributed by atoms with Crippen LogP contribution in [0.15, 0.2) is 77.7 Å². The topological polar surface area (TPSA) is 86.8 Å². The molecule has 2 amide bonds. The molecule has 11 heteroatoms. The van der Waals surface area contributed by atoms with E-state index in [-0.39, 0.29) is 35.5 Å². The monoisotopic (exact) mass is 633 g/mol. The summed E-state index contributed by atoms with van der Waals surface area (Å²) in [6.45, 7) is 1.13. The van der Waals surface area contributed by atoms with Crippen LogP contribution in [0.4, 0.5) is 10.1 Å². The summed E-state index contributed by atoms with van der Waals surface area (Å²) in [5.41, 5.74) is 0.662. The van der Waals surface area contributed by atoms with Gasteiger partial charge in [-0.3, -0.25) is 13.9 Å². The molecule has 42 heavy (non-hydrogen) atoms. The van der Waals surface area contributed by atoms with Gasteiger partial charge in [0.05, 0.1) is 10.6 Å².